The van der Waals surface area contributed by atoms with Crippen LogP contribution in [0.25, 0.3) is 10.6 Å². The van der Waals surface area contributed by atoms with Gasteiger partial charge in [-0.2, -0.15) is 0 Å². The van der Waals surface area contributed by atoms with E-state index in [4.69, 9.17) is 0 Å². The van der Waals surface area contributed by atoms with Crippen LogP contribution in [0.2, 0.25) is 0 Å². The molecule has 0 saturated carbocycles. The number of hydrogen-bond donors (Lipinski definition) is 0. The molecule has 0 amide bonds. The lowest BCUT2D eigenvalue weighted by Gasteiger charge is -1.95. The minimum absolute atomic E-state index is 0.0545. The molecule has 2 aromatic heterocycles. The number of ketones is 1. The number of rotatable bonds is 2. The zero-order valence-corrected chi connectivity index (χ0v) is 9.34. The standard InChI is InChI=1S/C11H10N2OS/c1-7-3-4-9(5-12-7)11-13-6-10(15-11)8(2)14/h3-6H,1-2H3. The second kappa shape index (κ2) is 3.90. The molecule has 0 unspecified atom stereocenters. The van der Waals surface area contributed by atoms with E-state index < -0.39 is 0 Å². The summed E-state index contributed by atoms with van der Waals surface area (Å²) in [5, 5.41) is 0.840. The molecule has 0 radical (unpaired) electrons. The Bertz CT molecular complexity index is 488. The molecule has 0 aliphatic carbocycles. The first-order valence-electron chi connectivity index (χ1n) is 4.56. The maximum absolute atomic E-state index is 11.1. The van der Waals surface area contributed by atoms with E-state index in [-0.39, 0.29) is 5.78 Å². The van der Waals surface area contributed by atoms with Gasteiger partial charge in [0.1, 0.15) is 5.01 Å². The van der Waals surface area contributed by atoms with Crippen molar-refractivity contribution < 1.29 is 4.79 Å². The molecule has 2 rings (SSSR count). The molecule has 4 heteroatoms. The fraction of sp³-hybridized carbons (Fsp3) is 0.182. The van der Waals surface area contributed by atoms with Crippen molar-refractivity contribution >= 4 is 17.1 Å². The van der Waals surface area contributed by atoms with Crippen LogP contribution in [0.4, 0.5) is 0 Å². The molecule has 0 N–H and O–H groups in total. The van der Waals surface area contributed by atoms with Gasteiger partial charge in [-0.05, 0) is 19.1 Å². The molecule has 0 spiro atoms. The Labute approximate surface area is 91.8 Å². The molecule has 2 aromatic rings. The van der Waals surface area contributed by atoms with Crippen molar-refractivity contribution in [3.05, 3.63) is 35.1 Å². The topological polar surface area (TPSA) is 42.9 Å². The zero-order valence-electron chi connectivity index (χ0n) is 8.52. The molecular formula is C11H10N2OS. The van der Waals surface area contributed by atoms with Crippen molar-refractivity contribution in [2.45, 2.75) is 13.8 Å². The third-order valence-electron chi connectivity index (χ3n) is 2.01. The van der Waals surface area contributed by atoms with Crippen LogP contribution in [-0.2, 0) is 0 Å². The highest BCUT2D eigenvalue weighted by molar-refractivity contribution is 7.16. The highest BCUT2D eigenvalue weighted by Crippen LogP contribution is 2.24. The Kier molecular flexibility index (Phi) is 2.60. The molecule has 15 heavy (non-hydrogen) atoms. The van der Waals surface area contributed by atoms with Gasteiger partial charge in [-0.15, -0.1) is 11.3 Å². The van der Waals surface area contributed by atoms with Gasteiger partial charge in [0, 0.05) is 30.6 Å². The van der Waals surface area contributed by atoms with Gasteiger partial charge in [-0.25, -0.2) is 4.98 Å². The second-order valence-electron chi connectivity index (χ2n) is 3.27. The number of pyridine rings is 1. The number of thiazole rings is 1. The van der Waals surface area contributed by atoms with Crippen molar-refractivity contribution in [3.8, 4) is 10.6 Å². The number of aromatic nitrogens is 2. The predicted octanol–water partition coefficient (Wildman–Crippen LogP) is 2.72. The molecule has 2 heterocycles. The van der Waals surface area contributed by atoms with Gasteiger partial charge in [0.25, 0.3) is 0 Å². The first kappa shape index (κ1) is 9.98. The summed E-state index contributed by atoms with van der Waals surface area (Å²) < 4.78 is 0. The molecule has 0 aliphatic rings. The van der Waals surface area contributed by atoms with Crippen molar-refractivity contribution in [1.82, 2.24) is 9.97 Å². The lowest BCUT2D eigenvalue weighted by Crippen LogP contribution is -1.83. The summed E-state index contributed by atoms with van der Waals surface area (Å²) >= 11 is 1.40. The highest BCUT2D eigenvalue weighted by atomic mass is 32.1. The Morgan fingerprint density at radius 2 is 2.07 bits per heavy atom. The van der Waals surface area contributed by atoms with Crippen molar-refractivity contribution in [2.75, 3.05) is 0 Å². The minimum Gasteiger partial charge on any atom is -0.294 e. The van der Waals surface area contributed by atoms with Crippen molar-refractivity contribution in [3.63, 3.8) is 0 Å². The third kappa shape index (κ3) is 2.10. The number of carbonyl (C=O) groups is 1. The highest BCUT2D eigenvalue weighted by Gasteiger charge is 2.07. The average Bonchev–Trinajstić information content (AvgIpc) is 2.68. The number of carbonyl (C=O) groups excluding carboxylic acids is 1. The van der Waals surface area contributed by atoms with Crippen LogP contribution in [0, 0.1) is 6.92 Å². The van der Waals surface area contributed by atoms with E-state index >= 15 is 0 Å². The lowest BCUT2D eigenvalue weighted by atomic mass is 10.3. The first-order valence-corrected chi connectivity index (χ1v) is 5.38. The smallest absolute Gasteiger partial charge is 0.171 e. The van der Waals surface area contributed by atoms with Gasteiger partial charge in [0.05, 0.1) is 4.88 Å². The molecule has 0 atom stereocenters. The van der Waals surface area contributed by atoms with Crippen LogP contribution in [0.5, 0.6) is 0 Å². The molecule has 0 saturated heterocycles. The molecule has 0 aliphatic heterocycles. The second-order valence-corrected chi connectivity index (χ2v) is 4.30. The van der Waals surface area contributed by atoms with Crippen LogP contribution >= 0.6 is 11.3 Å². The average molecular weight is 218 g/mol. The zero-order chi connectivity index (χ0) is 10.8. The van der Waals surface area contributed by atoms with Crippen LogP contribution in [0.15, 0.2) is 24.5 Å². The summed E-state index contributed by atoms with van der Waals surface area (Å²) in [5.41, 5.74) is 1.93. The Morgan fingerprint density at radius 1 is 1.27 bits per heavy atom. The maximum Gasteiger partial charge on any atom is 0.171 e. The quantitative estimate of drug-likeness (QED) is 0.728. The molecule has 3 nitrogen and oxygen atoms in total. The van der Waals surface area contributed by atoms with Crippen LogP contribution < -0.4 is 0 Å². The molecular weight excluding hydrogens is 208 g/mol. The summed E-state index contributed by atoms with van der Waals surface area (Å²) in [6, 6.07) is 3.90. The summed E-state index contributed by atoms with van der Waals surface area (Å²) in [6.45, 7) is 3.48. The number of hydrogen-bond acceptors (Lipinski definition) is 4. The predicted molar refractivity (Wildman–Crippen MR) is 60.1 cm³/mol. The lowest BCUT2D eigenvalue weighted by molar-refractivity contribution is 0.102. The van der Waals surface area contributed by atoms with Gasteiger partial charge >= 0.3 is 0 Å². The van der Waals surface area contributed by atoms with E-state index in [1.165, 1.54) is 11.3 Å². The normalized spacial score (nSPS) is 10.3. The van der Waals surface area contributed by atoms with Gasteiger partial charge in [-0.3, -0.25) is 9.78 Å². The fourth-order valence-corrected chi connectivity index (χ4v) is 1.97. The van der Waals surface area contributed by atoms with Crippen LogP contribution in [0.1, 0.15) is 22.3 Å². The summed E-state index contributed by atoms with van der Waals surface area (Å²) in [6.07, 6.45) is 3.39. The third-order valence-corrected chi connectivity index (χ3v) is 3.16. The summed E-state index contributed by atoms with van der Waals surface area (Å²) in [5.74, 6) is 0.0545. The van der Waals surface area contributed by atoms with Crippen LogP contribution in [0.3, 0.4) is 0 Å². The van der Waals surface area contributed by atoms with Crippen LogP contribution in [-0.4, -0.2) is 15.8 Å². The largest absolute Gasteiger partial charge is 0.294 e. The molecule has 0 bridgehead atoms. The fourth-order valence-electron chi connectivity index (χ4n) is 1.16. The minimum atomic E-state index is 0.0545. The molecule has 76 valence electrons. The van der Waals surface area contributed by atoms with E-state index in [1.807, 2.05) is 19.1 Å². The number of aryl methyl sites for hydroxylation is 1. The van der Waals surface area contributed by atoms with Gasteiger partial charge < -0.3 is 0 Å². The van der Waals surface area contributed by atoms with E-state index in [1.54, 1.807) is 19.3 Å². The Balaban J connectivity index is 2.37. The molecule has 0 aromatic carbocycles. The van der Waals surface area contributed by atoms with E-state index in [9.17, 15) is 4.79 Å². The van der Waals surface area contributed by atoms with E-state index in [2.05, 4.69) is 9.97 Å². The molecule has 0 fully saturated rings. The van der Waals surface area contributed by atoms with E-state index in [0.29, 0.717) is 4.88 Å². The summed E-state index contributed by atoms with van der Waals surface area (Å²) in [4.78, 5) is 20.2. The monoisotopic (exact) mass is 218 g/mol. The SMILES string of the molecule is CC(=O)c1cnc(-c2ccc(C)nc2)s1. The van der Waals surface area contributed by atoms with E-state index in [0.717, 1.165) is 16.3 Å². The Morgan fingerprint density at radius 3 is 2.60 bits per heavy atom. The van der Waals surface area contributed by atoms with Crippen molar-refractivity contribution in [2.24, 2.45) is 0 Å². The maximum atomic E-state index is 11.1. The Hall–Kier alpha value is -1.55. The number of Topliss-reactive ketones (excluding diaryl/α,β-unsaturated/α-hetero) is 1. The van der Waals surface area contributed by atoms with Gasteiger partial charge in [-0.1, -0.05) is 0 Å². The van der Waals surface area contributed by atoms with Gasteiger partial charge in [0.2, 0.25) is 0 Å². The first-order chi connectivity index (χ1) is 7.16. The van der Waals surface area contributed by atoms with Crippen molar-refractivity contribution in [1.29, 1.82) is 0 Å². The number of nitrogens with zero attached hydrogens (tertiary/aromatic N) is 2. The summed E-state index contributed by atoms with van der Waals surface area (Å²) in [7, 11) is 0. The van der Waals surface area contributed by atoms with Gasteiger partial charge in [0.15, 0.2) is 5.78 Å².